The van der Waals surface area contributed by atoms with Crippen LogP contribution in [0, 0.1) is 0 Å². The fourth-order valence-electron chi connectivity index (χ4n) is 1.40. The maximum atomic E-state index is 11.7. The molecule has 0 aromatic carbocycles. The summed E-state index contributed by atoms with van der Waals surface area (Å²) in [6.45, 7) is 15.7. The van der Waals surface area contributed by atoms with Crippen LogP contribution >= 0.6 is 0 Å². The molecule has 0 saturated heterocycles. The Morgan fingerprint density at radius 2 is 1.62 bits per heavy atom. The van der Waals surface area contributed by atoms with Crippen LogP contribution in [0.25, 0.3) is 0 Å². The van der Waals surface area contributed by atoms with Gasteiger partial charge in [0.05, 0.1) is 19.4 Å². The van der Waals surface area contributed by atoms with Crippen molar-refractivity contribution in [2.45, 2.75) is 71.4 Å². The van der Waals surface area contributed by atoms with E-state index in [2.05, 4.69) is 39.2 Å². The maximum Gasteiger partial charge on any atom is 0.407 e. The van der Waals surface area contributed by atoms with Crippen LogP contribution in [0.4, 0.5) is 4.79 Å². The van der Waals surface area contributed by atoms with Crippen LogP contribution in [-0.4, -0.2) is 53.9 Å². The highest BCUT2D eigenvalue weighted by Crippen LogP contribution is 2.36. The van der Waals surface area contributed by atoms with E-state index in [1.165, 1.54) is 0 Å². The molecular formula is C15H33NO6SSi. The zero-order chi connectivity index (χ0) is 19.4. The average molecular weight is 384 g/mol. The third-order valence-corrected chi connectivity index (χ3v) is 8.74. The Morgan fingerprint density at radius 3 is 2.00 bits per heavy atom. The molecular weight excluding hydrogens is 350 g/mol. The SMILES string of the molecule is CC(C)(C)OC(=O)NC[C@@H](CO[Si](C)(C)C(C)(C)C)OS(C)(=O)=O. The summed E-state index contributed by atoms with van der Waals surface area (Å²) in [4.78, 5) is 11.7. The minimum absolute atomic E-state index is 0.0127. The van der Waals surface area contributed by atoms with Crippen molar-refractivity contribution in [2.24, 2.45) is 0 Å². The van der Waals surface area contributed by atoms with Crippen molar-refractivity contribution in [3.63, 3.8) is 0 Å². The molecule has 7 nitrogen and oxygen atoms in total. The van der Waals surface area contributed by atoms with Crippen molar-refractivity contribution < 1.29 is 26.6 Å². The lowest BCUT2D eigenvalue weighted by Crippen LogP contribution is -2.46. The summed E-state index contributed by atoms with van der Waals surface area (Å²) in [6, 6.07) is 0. The first kappa shape index (κ1) is 23.4. The van der Waals surface area contributed by atoms with Crippen molar-refractivity contribution in [2.75, 3.05) is 19.4 Å². The first-order chi connectivity index (χ1) is 10.4. The van der Waals surface area contributed by atoms with Crippen LogP contribution in [0.2, 0.25) is 18.1 Å². The van der Waals surface area contributed by atoms with Crippen molar-refractivity contribution in [1.29, 1.82) is 0 Å². The van der Waals surface area contributed by atoms with Gasteiger partial charge in [-0.05, 0) is 38.9 Å². The van der Waals surface area contributed by atoms with Gasteiger partial charge < -0.3 is 14.5 Å². The molecule has 1 atom stereocenters. The van der Waals surface area contributed by atoms with E-state index in [9.17, 15) is 13.2 Å². The third-order valence-electron chi connectivity index (χ3n) is 3.62. The van der Waals surface area contributed by atoms with Crippen LogP contribution in [0.1, 0.15) is 41.5 Å². The Morgan fingerprint density at radius 1 is 1.12 bits per heavy atom. The molecule has 0 unspecified atom stereocenters. The van der Waals surface area contributed by atoms with Gasteiger partial charge in [-0.2, -0.15) is 8.42 Å². The van der Waals surface area contributed by atoms with Gasteiger partial charge in [-0.25, -0.2) is 4.79 Å². The molecule has 0 aromatic rings. The third kappa shape index (κ3) is 10.3. The first-order valence-electron chi connectivity index (χ1n) is 7.92. The number of amides is 1. The lowest BCUT2D eigenvalue weighted by atomic mass is 10.2. The molecule has 24 heavy (non-hydrogen) atoms. The van der Waals surface area contributed by atoms with Gasteiger partial charge in [0.15, 0.2) is 8.32 Å². The first-order valence-corrected chi connectivity index (χ1v) is 12.6. The largest absolute Gasteiger partial charge is 0.444 e. The number of carbonyl (C=O) groups is 1. The highest BCUT2D eigenvalue weighted by molar-refractivity contribution is 7.86. The van der Waals surface area contributed by atoms with Gasteiger partial charge in [0.2, 0.25) is 0 Å². The van der Waals surface area contributed by atoms with Gasteiger partial charge in [-0.15, -0.1) is 0 Å². The van der Waals surface area contributed by atoms with Crippen LogP contribution in [0.3, 0.4) is 0 Å². The minimum atomic E-state index is -3.67. The molecule has 1 amide bonds. The van der Waals surface area contributed by atoms with Crippen molar-refractivity contribution in [3.8, 4) is 0 Å². The molecule has 0 aliphatic heterocycles. The number of alkyl carbamates (subject to hydrolysis) is 1. The zero-order valence-corrected chi connectivity index (χ0v) is 18.2. The summed E-state index contributed by atoms with van der Waals surface area (Å²) in [6.07, 6.45) is -0.460. The van der Waals surface area contributed by atoms with Crippen LogP contribution in [0.5, 0.6) is 0 Å². The number of carbonyl (C=O) groups excluding carboxylic acids is 1. The number of nitrogens with one attached hydrogen (secondary N) is 1. The predicted molar refractivity (Wildman–Crippen MR) is 97.1 cm³/mol. The van der Waals surface area contributed by atoms with Crippen molar-refractivity contribution in [1.82, 2.24) is 5.32 Å². The summed E-state index contributed by atoms with van der Waals surface area (Å²) in [5.74, 6) is 0. The molecule has 1 N–H and O–H groups in total. The molecule has 0 bridgehead atoms. The Balaban J connectivity index is 4.80. The van der Waals surface area contributed by atoms with Crippen molar-refractivity contribution in [3.05, 3.63) is 0 Å². The van der Waals surface area contributed by atoms with E-state index in [4.69, 9.17) is 13.3 Å². The molecule has 0 rings (SSSR count). The molecule has 144 valence electrons. The number of rotatable bonds is 7. The summed E-state index contributed by atoms with van der Waals surface area (Å²) in [5, 5.41) is 2.51. The second-order valence-electron chi connectivity index (χ2n) is 8.38. The minimum Gasteiger partial charge on any atom is -0.444 e. The number of ether oxygens (including phenoxy) is 1. The van der Waals surface area contributed by atoms with E-state index in [-0.39, 0.29) is 18.2 Å². The molecule has 0 aliphatic carbocycles. The van der Waals surface area contributed by atoms with E-state index in [0.29, 0.717) is 0 Å². The Bertz CT molecular complexity index is 519. The van der Waals surface area contributed by atoms with E-state index in [0.717, 1.165) is 6.26 Å². The van der Waals surface area contributed by atoms with Crippen LogP contribution < -0.4 is 5.32 Å². The summed E-state index contributed by atoms with van der Waals surface area (Å²) in [5.41, 5.74) is -0.630. The fourth-order valence-corrected chi connectivity index (χ4v) is 3.05. The fraction of sp³-hybridized carbons (Fsp3) is 0.933. The quantitative estimate of drug-likeness (QED) is 0.537. The lowest BCUT2D eigenvalue weighted by Gasteiger charge is -2.37. The zero-order valence-electron chi connectivity index (χ0n) is 16.3. The molecule has 0 saturated carbocycles. The Hall–Kier alpha value is -0.643. The van der Waals surface area contributed by atoms with Gasteiger partial charge >= 0.3 is 6.09 Å². The molecule has 0 spiro atoms. The van der Waals surface area contributed by atoms with E-state index in [1.54, 1.807) is 20.8 Å². The maximum absolute atomic E-state index is 11.7. The molecule has 0 fully saturated rings. The van der Waals surface area contributed by atoms with Gasteiger partial charge in [-0.3, -0.25) is 4.18 Å². The second kappa shape index (κ2) is 8.16. The standard InChI is InChI=1S/C15H33NO6SSi/c1-14(2,3)21-13(17)16-10-12(22-23(7,18)19)11-20-24(8,9)15(4,5)6/h12H,10-11H2,1-9H3,(H,16,17)/t12-/m0/s1. The van der Waals surface area contributed by atoms with Gasteiger partial charge in [0.1, 0.15) is 11.7 Å². The highest BCUT2D eigenvalue weighted by Gasteiger charge is 2.38. The summed E-state index contributed by atoms with van der Waals surface area (Å²) in [7, 11) is -5.72. The normalized spacial score (nSPS) is 15.0. The monoisotopic (exact) mass is 383 g/mol. The predicted octanol–water partition coefficient (Wildman–Crippen LogP) is 2.88. The van der Waals surface area contributed by atoms with Crippen molar-refractivity contribution >= 4 is 24.5 Å². The molecule has 0 heterocycles. The van der Waals surface area contributed by atoms with Gasteiger partial charge in [0, 0.05) is 0 Å². The molecule has 0 aliphatic rings. The lowest BCUT2D eigenvalue weighted by molar-refractivity contribution is 0.0481. The molecule has 0 aromatic heterocycles. The second-order valence-corrected chi connectivity index (χ2v) is 14.8. The molecule has 0 radical (unpaired) electrons. The number of hydrogen-bond donors (Lipinski definition) is 1. The summed E-state index contributed by atoms with van der Waals surface area (Å²) < 4.78 is 39.0. The van der Waals surface area contributed by atoms with E-state index < -0.39 is 36.2 Å². The smallest absolute Gasteiger partial charge is 0.407 e. The summed E-state index contributed by atoms with van der Waals surface area (Å²) >= 11 is 0. The van der Waals surface area contributed by atoms with E-state index in [1.807, 2.05) is 0 Å². The Kier molecular flexibility index (Phi) is 7.94. The highest BCUT2D eigenvalue weighted by atomic mass is 32.2. The average Bonchev–Trinajstić information content (AvgIpc) is 2.27. The van der Waals surface area contributed by atoms with Gasteiger partial charge in [-0.1, -0.05) is 20.8 Å². The van der Waals surface area contributed by atoms with Crippen LogP contribution in [0.15, 0.2) is 0 Å². The van der Waals surface area contributed by atoms with Gasteiger partial charge in [0.25, 0.3) is 10.1 Å². The van der Waals surface area contributed by atoms with E-state index >= 15 is 0 Å². The number of hydrogen-bond acceptors (Lipinski definition) is 6. The topological polar surface area (TPSA) is 90.9 Å². The molecule has 9 heteroatoms. The van der Waals surface area contributed by atoms with Crippen LogP contribution in [-0.2, 0) is 23.5 Å². The Labute approximate surface area is 147 Å².